The number of rotatable bonds is 2. The number of amides is 3. The first-order valence-corrected chi connectivity index (χ1v) is 7.20. The van der Waals surface area contributed by atoms with Crippen LogP contribution in [-0.2, 0) is 4.79 Å². The van der Waals surface area contributed by atoms with Gasteiger partial charge in [-0.05, 0) is 29.8 Å². The lowest BCUT2D eigenvalue weighted by Crippen LogP contribution is -2.30. The van der Waals surface area contributed by atoms with E-state index < -0.39 is 11.9 Å². The van der Waals surface area contributed by atoms with Gasteiger partial charge in [-0.2, -0.15) is 0 Å². The number of urea groups is 1. The molecule has 2 aromatic carbocycles. The summed E-state index contributed by atoms with van der Waals surface area (Å²) in [5.74, 6) is -0.474. The zero-order valence-corrected chi connectivity index (χ0v) is 12.7. The van der Waals surface area contributed by atoms with E-state index in [9.17, 15) is 9.59 Å². The number of nitrogens with zero attached hydrogens (tertiary/aromatic N) is 1. The van der Waals surface area contributed by atoms with Gasteiger partial charge in [-0.1, -0.05) is 53.5 Å². The maximum Gasteiger partial charge on any atom is 0.333 e. The highest BCUT2D eigenvalue weighted by molar-refractivity contribution is 6.37. The van der Waals surface area contributed by atoms with Gasteiger partial charge >= 0.3 is 6.03 Å². The van der Waals surface area contributed by atoms with Crippen LogP contribution < -0.4 is 10.2 Å². The van der Waals surface area contributed by atoms with Gasteiger partial charge in [0.05, 0.1) is 10.7 Å². The highest BCUT2D eigenvalue weighted by Crippen LogP contribution is 2.29. The Bertz CT molecular complexity index is 802. The lowest BCUT2D eigenvalue weighted by Gasteiger charge is -2.13. The minimum absolute atomic E-state index is 0.151. The second-order valence-electron chi connectivity index (χ2n) is 4.60. The summed E-state index contributed by atoms with van der Waals surface area (Å²) in [6, 6.07) is 13.2. The van der Waals surface area contributed by atoms with Gasteiger partial charge in [0.15, 0.2) is 0 Å². The van der Waals surface area contributed by atoms with Crippen molar-refractivity contribution in [2.75, 3.05) is 4.90 Å². The number of benzene rings is 2. The average Bonchev–Trinajstić information content (AvgIpc) is 2.77. The molecule has 0 saturated carbocycles. The van der Waals surface area contributed by atoms with Crippen molar-refractivity contribution in [2.24, 2.45) is 0 Å². The molecule has 3 amide bonds. The molecule has 1 saturated heterocycles. The molecule has 0 aliphatic carbocycles. The van der Waals surface area contributed by atoms with Crippen molar-refractivity contribution < 1.29 is 9.59 Å². The van der Waals surface area contributed by atoms with Gasteiger partial charge in [0, 0.05) is 5.02 Å². The molecule has 0 atom stereocenters. The van der Waals surface area contributed by atoms with Crippen molar-refractivity contribution in [3.63, 3.8) is 0 Å². The SMILES string of the molecule is O=C1N/C(=C\c2ccccc2Cl)C(=O)N1c1ccccc1Cl. The number of hydrogen-bond acceptors (Lipinski definition) is 2. The molecular formula is C16H10Cl2N2O2. The van der Waals surface area contributed by atoms with Crippen LogP contribution in [0.5, 0.6) is 0 Å². The molecule has 22 heavy (non-hydrogen) atoms. The van der Waals surface area contributed by atoms with Crippen LogP contribution in [0, 0.1) is 0 Å². The predicted molar refractivity (Wildman–Crippen MR) is 86.9 cm³/mol. The number of nitrogens with one attached hydrogen (secondary N) is 1. The lowest BCUT2D eigenvalue weighted by molar-refractivity contribution is -0.113. The maximum absolute atomic E-state index is 12.5. The van der Waals surface area contributed by atoms with Crippen LogP contribution >= 0.6 is 23.2 Å². The van der Waals surface area contributed by atoms with E-state index in [4.69, 9.17) is 23.2 Å². The van der Waals surface area contributed by atoms with Crippen LogP contribution in [0.2, 0.25) is 10.0 Å². The van der Waals surface area contributed by atoms with Crippen LogP contribution in [0.15, 0.2) is 54.2 Å². The van der Waals surface area contributed by atoms with E-state index in [1.54, 1.807) is 54.6 Å². The highest BCUT2D eigenvalue weighted by atomic mass is 35.5. The van der Waals surface area contributed by atoms with Crippen molar-refractivity contribution in [2.45, 2.75) is 0 Å². The van der Waals surface area contributed by atoms with Crippen LogP contribution in [0.25, 0.3) is 6.08 Å². The average molecular weight is 333 g/mol. The summed E-state index contributed by atoms with van der Waals surface area (Å²) in [4.78, 5) is 25.5. The summed E-state index contributed by atoms with van der Waals surface area (Å²) >= 11 is 12.1. The van der Waals surface area contributed by atoms with Crippen molar-refractivity contribution in [1.29, 1.82) is 0 Å². The molecule has 4 nitrogen and oxygen atoms in total. The third-order valence-corrected chi connectivity index (χ3v) is 3.84. The quantitative estimate of drug-likeness (QED) is 0.665. The topological polar surface area (TPSA) is 49.4 Å². The monoisotopic (exact) mass is 332 g/mol. The Morgan fingerprint density at radius 3 is 2.23 bits per heavy atom. The predicted octanol–water partition coefficient (Wildman–Crippen LogP) is 4.09. The van der Waals surface area contributed by atoms with Crippen LogP contribution in [0.4, 0.5) is 10.5 Å². The normalized spacial score (nSPS) is 16.3. The van der Waals surface area contributed by atoms with Gasteiger partial charge in [0.1, 0.15) is 5.70 Å². The molecule has 1 N–H and O–H groups in total. The van der Waals surface area contributed by atoms with E-state index >= 15 is 0 Å². The second kappa shape index (κ2) is 5.83. The minimum Gasteiger partial charge on any atom is -0.302 e. The van der Waals surface area contributed by atoms with E-state index in [0.29, 0.717) is 21.3 Å². The van der Waals surface area contributed by atoms with Crippen molar-refractivity contribution in [1.82, 2.24) is 5.32 Å². The van der Waals surface area contributed by atoms with E-state index in [2.05, 4.69) is 5.32 Å². The molecule has 1 heterocycles. The van der Waals surface area contributed by atoms with Crippen molar-refractivity contribution >= 4 is 46.9 Å². The minimum atomic E-state index is -0.545. The van der Waals surface area contributed by atoms with Gasteiger partial charge in [-0.15, -0.1) is 0 Å². The standard InChI is InChI=1S/C16H10Cl2N2O2/c17-11-6-2-1-5-10(11)9-13-15(21)20(16(22)19-13)14-8-4-3-7-12(14)18/h1-9H,(H,19,22)/b13-9-. The van der Waals surface area contributed by atoms with Crippen molar-refractivity contribution in [3.05, 3.63) is 69.8 Å². The zero-order chi connectivity index (χ0) is 15.7. The summed E-state index contributed by atoms with van der Waals surface area (Å²) < 4.78 is 0. The summed E-state index contributed by atoms with van der Waals surface area (Å²) in [5.41, 5.74) is 1.14. The number of carbonyl (C=O) groups excluding carboxylic acids is 2. The van der Waals surface area contributed by atoms with E-state index in [-0.39, 0.29) is 5.70 Å². The van der Waals surface area contributed by atoms with Gasteiger partial charge < -0.3 is 5.32 Å². The summed E-state index contributed by atoms with van der Waals surface area (Å²) in [5, 5.41) is 3.35. The molecule has 2 aromatic rings. The fraction of sp³-hybridized carbons (Fsp3) is 0. The van der Waals surface area contributed by atoms with Crippen LogP contribution in [-0.4, -0.2) is 11.9 Å². The molecule has 6 heteroatoms. The fourth-order valence-corrected chi connectivity index (χ4v) is 2.55. The van der Waals surface area contributed by atoms with Crippen LogP contribution in [0.1, 0.15) is 5.56 Å². The van der Waals surface area contributed by atoms with Gasteiger partial charge in [0.2, 0.25) is 0 Å². The Kier molecular flexibility index (Phi) is 3.88. The Balaban J connectivity index is 1.99. The number of carbonyl (C=O) groups is 2. The second-order valence-corrected chi connectivity index (χ2v) is 5.42. The Labute approximate surface area is 136 Å². The molecule has 0 unspecified atom stereocenters. The molecule has 3 rings (SSSR count). The Morgan fingerprint density at radius 1 is 0.909 bits per heavy atom. The van der Waals surface area contributed by atoms with Gasteiger partial charge in [-0.3, -0.25) is 4.79 Å². The summed E-state index contributed by atoms with van der Waals surface area (Å²) in [7, 11) is 0. The third kappa shape index (κ3) is 2.58. The molecule has 1 aliphatic heterocycles. The Morgan fingerprint density at radius 2 is 1.55 bits per heavy atom. The molecule has 0 bridgehead atoms. The fourth-order valence-electron chi connectivity index (χ4n) is 2.13. The Hall–Kier alpha value is -2.30. The smallest absolute Gasteiger partial charge is 0.302 e. The lowest BCUT2D eigenvalue weighted by atomic mass is 10.2. The number of imide groups is 1. The van der Waals surface area contributed by atoms with Crippen molar-refractivity contribution in [3.8, 4) is 0 Å². The first-order chi connectivity index (χ1) is 10.6. The van der Waals surface area contributed by atoms with E-state index in [1.807, 2.05) is 0 Å². The van der Waals surface area contributed by atoms with E-state index in [1.165, 1.54) is 0 Å². The zero-order valence-electron chi connectivity index (χ0n) is 11.2. The van der Waals surface area contributed by atoms with E-state index in [0.717, 1.165) is 4.90 Å². The summed E-state index contributed by atoms with van der Waals surface area (Å²) in [6.45, 7) is 0. The highest BCUT2D eigenvalue weighted by Gasteiger charge is 2.35. The summed E-state index contributed by atoms with van der Waals surface area (Å²) in [6.07, 6.45) is 1.54. The molecule has 110 valence electrons. The molecule has 0 aromatic heterocycles. The largest absolute Gasteiger partial charge is 0.333 e. The number of halogens is 2. The third-order valence-electron chi connectivity index (χ3n) is 3.18. The first kappa shape index (κ1) is 14.6. The number of para-hydroxylation sites is 1. The first-order valence-electron chi connectivity index (χ1n) is 6.44. The van der Waals surface area contributed by atoms with Gasteiger partial charge in [-0.25, -0.2) is 9.69 Å². The number of hydrogen-bond donors (Lipinski definition) is 1. The van der Waals surface area contributed by atoms with Crippen LogP contribution in [0.3, 0.4) is 0 Å². The molecule has 0 spiro atoms. The number of anilines is 1. The molecule has 1 fully saturated rings. The van der Waals surface area contributed by atoms with Gasteiger partial charge in [0.25, 0.3) is 5.91 Å². The maximum atomic E-state index is 12.5. The molecule has 0 radical (unpaired) electrons. The molecular weight excluding hydrogens is 323 g/mol. The molecule has 1 aliphatic rings.